The Morgan fingerprint density at radius 3 is 3.00 bits per heavy atom. The van der Waals surface area contributed by atoms with Gasteiger partial charge in [0.15, 0.2) is 0 Å². The predicted molar refractivity (Wildman–Crippen MR) is 45.0 cm³/mol. The van der Waals surface area contributed by atoms with Gasteiger partial charge in [0.1, 0.15) is 0 Å². The number of unbranched alkanes of at least 4 members (excludes halogenated alkanes) is 1. The number of rotatable bonds is 4. The molecule has 1 saturated heterocycles. The van der Waals surface area contributed by atoms with Gasteiger partial charge in [0.05, 0.1) is 6.10 Å². The van der Waals surface area contributed by atoms with E-state index in [1.165, 1.54) is 19.4 Å². The molecule has 2 N–H and O–H groups in total. The molecule has 0 saturated carbocycles. The molecule has 0 aliphatic carbocycles. The lowest BCUT2D eigenvalue weighted by Crippen LogP contribution is -2.25. The van der Waals surface area contributed by atoms with Gasteiger partial charge < -0.3 is 4.90 Å². The van der Waals surface area contributed by atoms with Crippen molar-refractivity contribution in [2.24, 2.45) is 5.90 Å². The van der Waals surface area contributed by atoms with E-state index in [9.17, 15) is 0 Å². The van der Waals surface area contributed by atoms with Crippen molar-refractivity contribution in [1.82, 2.24) is 4.90 Å². The molecule has 3 heteroatoms. The number of nitrogens with two attached hydrogens (primary N) is 1. The molecule has 1 fully saturated rings. The van der Waals surface area contributed by atoms with Crippen LogP contribution in [0.5, 0.6) is 0 Å². The average Bonchev–Trinajstić information content (AvgIpc) is 2.48. The minimum atomic E-state index is 0.284. The summed E-state index contributed by atoms with van der Waals surface area (Å²) in [5, 5.41) is 0. The van der Waals surface area contributed by atoms with Gasteiger partial charge in [-0.2, -0.15) is 0 Å². The number of nitrogens with zero attached hydrogens (tertiary/aromatic N) is 1. The van der Waals surface area contributed by atoms with Crippen molar-refractivity contribution in [3.63, 3.8) is 0 Å². The van der Waals surface area contributed by atoms with Gasteiger partial charge in [0, 0.05) is 13.1 Å². The normalized spacial score (nSPS) is 26.2. The SMILES string of the molecule is CCCCN1CCC(ON)C1. The van der Waals surface area contributed by atoms with Crippen molar-refractivity contribution in [1.29, 1.82) is 0 Å². The lowest BCUT2D eigenvalue weighted by Gasteiger charge is -2.13. The van der Waals surface area contributed by atoms with Crippen molar-refractivity contribution in [3.05, 3.63) is 0 Å². The summed E-state index contributed by atoms with van der Waals surface area (Å²) >= 11 is 0. The van der Waals surface area contributed by atoms with E-state index in [0.29, 0.717) is 0 Å². The molecule has 3 nitrogen and oxygen atoms in total. The van der Waals surface area contributed by atoms with Crippen molar-refractivity contribution in [3.8, 4) is 0 Å². The third-order valence-corrected chi connectivity index (χ3v) is 2.25. The molecule has 1 atom stereocenters. The Morgan fingerprint density at radius 1 is 1.64 bits per heavy atom. The number of likely N-dealkylation sites (tertiary alicyclic amines) is 1. The van der Waals surface area contributed by atoms with Crippen LogP contribution in [0.3, 0.4) is 0 Å². The standard InChI is InChI=1S/C8H18N2O/c1-2-3-5-10-6-4-8(7-10)11-9/h8H,2-7,9H2,1H3. The fourth-order valence-corrected chi connectivity index (χ4v) is 1.49. The van der Waals surface area contributed by atoms with Crippen molar-refractivity contribution in [2.45, 2.75) is 32.3 Å². The Morgan fingerprint density at radius 2 is 2.45 bits per heavy atom. The lowest BCUT2D eigenvalue weighted by molar-refractivity contribution is 0.0594. The predicted octanol–water partition coefficient (Wildman–Crippen LogP) is 0.751. The maximum Gasteiger partial charge on any atom is 0.0926 e. The second kappa shape index (κ2) is 4.70. The highest BCUT2D eigenvalue weighted by molar-refractivity contribution is 4.74. The molecule has 1 aliphatic heterocycles. The van der Waals surface area contributed by atoms with E-state index in [2.05, 4.69) is 11.8 Å². The Bertz CT molecular complexity index is 108. The van der Waals surface area contributed by atoms with Gasteiger partial charge in [-0.05, 0) is 19.4 Å². The zero-order valence-electron chi connectivity index (χ0n) is 7.25. The fourth-order valence-electron chi connectivity index (χ4n) is 1.49. The molecule has 11 heavy (non-hydrogen) atoms. The summed E-state index contributed by atoms with van der Waals surface area (Å²) in [5.41, 5.74) is 0. The summed E-state index contributed by atoms with van der Waals surface area (Å²) in [6.07, 6.45) is 3.94. The first-order valence-electron chi connectivity index (χ1n) is 4.44. The second-order valence-electron chi connectivity index (χ2n) is 3.20. The molecule has 1 heterocycles. The Hall–Kier alpha value is -0.120. The van der Waals surface area contributed by atoms with Crippen LogP contribution in [0.15, 0.2) is 0 Å². The minimum absolute atomic E-state index is 0.284. The fraction of sp³-hybridized carbons (Fsp3) is 1.00. The molecule has 1 aliphatic rings. The van der Waals surface area contributed by atoms with Crippen LogP contribution in [0.2, 0.25) is 0 Å². The van der Waals surface area contributed by atoms with Gasteiger partial charge >= 0.3 is 0 Å². The quantitative estimate of drug-likeness (QED) is 0.614. The van der Waals surface area contributed by atoms with E-state index in [0.717, 1.165) is 19.5 Å². The molecule has 66 valence electrons. The molecule has 1 rings (SSSR count). The highest BCUT2D eigenvalue weighted by Crippen LogP contribution is 2.11. The van der Waals surface area contributed by atoms with Gasteiger partial charge in [0.2, 0.25) is 0 Å². The van der Waals surface area contributed by atoms with E-state index in [1.807, 2.05) is 0 Å². The largest absolute Gasteiger partial charge is 0.301 e. The van der Waals surface area contributed by atoms with E-state index >= 15 is 0 Å². The summed E-state index contributed by atoms with van der Waals surface area (Å²) < 4.78 is 0. The summed E-state index contributed by atoms with van der Waals surface area (Å²) in [5.74, 6) is 5.10. The van der Waals surface area contributed by atoms with Gasteiger partial charge in [0.25, 0.3) is 0 Å². The average molecular weight is 158 g/mol. The molecule has 0 aromatic heterocycles. The molecular formula is C8H18N2O. The van der Waals surface area contributed by atoms with E-state index in [1.54, 1.807) is 0 Å². The summed E-state index contributed by atoms with van der Waals surface area (Å²) in [4.78, 5) is 7.20. The zero-order valence-corrected chi connectivity index (χ0v) is 7.25. The molecule has 0 radical (unpaired) electrons. The van der Waals surface area contributed by atoms with Crippen LogP contribution >= 0.6 is 0 Å². The smallest absolute Gasteiger partial charge is 0.0926 e. The maximum atomic E-state index is 5.10. The molecule has 0 aromatic rings. The third-order valence-electron chi connectivity index (χ3n) is 2.25. The van der Waals surface area contributed by atoms with Crippen LogP contribution in [0.25, 0.3) is 0 Å². The van der Waals surface area contributed by atoms with Gasteiger partial charge in [-0.25, -0.2) is 5.90 Å². The number of hydrogen-bond acceptors (Lipinski definition) is 3. The van der Waals surface area contributed by atoms with E-state index in [-0.39, 0.29) is 6.10 Å². The Labute approximate surface area is 68.5 Å². The van der Waals surface area contributed by atoms with Crippen LogP contribution < -0.4 is 5.90 Å². The van der Waals surface area contributed by atoms with Crippen LogP contribution in [-0.4, -0.2) is 30.6 Å². The molecule has 0 amide bonds. The Kier molecular flexibility index (Phi) is 3.83. The molecular weight excluding hydrogens is 140 g/mol. The minimum Gasteiger partial charge on any atom is -0.301 e. The van der Waals surface area contributed by atoms with Crippen molar-refractivity contribution >= 4 is 0 Å². The second-order valence-corrected chi connectivity index (χ2v) is 3.20. The zero-order chi connectivity index (χ0) is 8.10. The van der Waals surface area contributed by atoms with Crippen molar-refractivity contribution in [2.75, 3.05) is 19.6 Å². The maximum absolute atomic E-state index is 5.10. The van der Waals surface area contributed by atoms with Crippen LogP contribution in [0.4, 0.5) is 0 Å². The van der Waals surface area contributed by atoms with Gasteiger partial charge in [-0.15, -0.1) is 0 Å². The highest BCUT2D eigenvalue weighted by Gasteiger charge is 2.21. The topological polar surface area (TPSA) is 38.5 Å². The monoisotopic (exact) mass is 158 g/mol. The summed E-state index contributed by atoms with van der Waals surface area (Å²) in [6, 6.07) is 0. The molecule has 1 unspecified atom stereocenters. The molecule has 0 bridgehead atoms. The first-order valence-corrected chi connectivity index (χ1v) is 4.44. The van der Waals surface area contributed by atoms with Crippen molar-refractivity contribution < 1.29 is 4.84 Å². The lowest BCUT2D eigenvalue weighted by atomic mass is 10.3. The first-order chi connectivity index (χ1) is 5.36. The van der Waals surface area contributed by atoms with E-state index in [4.69, 9.17) is 10.7 Å². The van der Waals surface area contributed by atoms with Crippen LogP contribution in [0.1, 0.15) is 26.2 Å². The molecule has 0 spiro atoms. The highest BCUT2D eigenvalue weighted by atomic mass is 16.6. The summed E-state index contributed by atoms with van der Waals surface area (Å²) in [7, 11) is 0. The van der Waals surface area contributed by atoms with Crippen LogP contribution in [-0.2, 0) is 4.84 Å². The molecule has 0 aromatic carbocycles. The van der Waals surface area contributed by atoms with Gasteiger partial charge in [-0.3, -0.25) is 4.84 Å². The summed E-state index contributed by atoms with van der Waals surface area (Å²) in [6.45, 7) is 5.60. The first kappa shape index (κ1) is 8.97. The van der Waals surface area contributed by atoms with Gasteiger partial charge in [-0.1, -0.05) is 13.3 Å². The van der Waals surface area contributed by atoms with E-state index < -0.39 is 0 Å². The van der Waals surface area contributed by atoms with Crippen LogP contribution in [0, 0.1) is 0 Å². The third kappa shape index (κ3) is 2.77. The number of hydrogen-bond donors (Lipinski definition) is 1. The Balaban J connectivity index is 2.09.